The third-order valence-corrected chi connectivity index (χ3v) is 4.54. The van der Waals surface area contributed by atoms with Crippen molar-refractivity contribution in [3.05, 3.63) is 95.0 Å². The molecule has 0 aliphatic heterocycles. The zero-order chi connectivity index (χ0) is 18.6. The van der Waals surface area contributed by atoms with E-state index in [1.807, 2.05) is 30.3 Å². The summed E-state index contributed by atoms with van der Waals surface area (Å²) in [4.78, 5) is 11.9. The van der Waals surface area contributed by atoms with Gasteiger partial charge in [0.25, 0.3) is 0 Å². The van der Waals surface area contributed by atoms with Crippen molar-refractivity contribution >= 4 is 17.8 Å². The standard InChI is InChI=1S/C22H19ClO3/c1-22(2,16-6-4-3-5-7-16)17-8-12-19(13-9-17)25-21(24)26-20-14-10-18(23)11-15-20/h3-15H,1-2H3. The molecule has 0 radical (unpaired) electrons. The SMILES string of the molecule is CC(C)(c1ccccc1)c1ccc(OC(=O)Oc2ccc(Cl)cc2)cc1. The van der Waals surface area contributed by atoms with E-state index in [0.29, 0.717) is 16.5 Å². The van der Waals surface area contributed by atoms with Crippen LogP contribution in [-0.2, 0) is 5.41 Å². The maximum Gasteiger partial charge on any atom is 0.519 e. The molecule has 0 heterocycles. The minimum absolute atomic E-state index is 0.149. The number of hydrogen-bond acceptors (Lipinski definition) is 3. The molecular formula is C22H19ClO3. The molecule has 0 bridgehead atoms. The van der Waals surface area contributed by atoms with E-state index in [-0.39, 0.29) is 5.41 Å². The van der Waals surface area contributed by atoms with Crippen LogP contribution in [0.4, 0.5) is 4.79 Å². The van der Waals surface area contributed by atoms with E-state index in [1.54, 1.807) is 36.4 Å². The summed E-state index contributed by atoms with van der Waals surface area (Å²) in [5.41, 5.74) is 2.20. The Hall–Kier alpha value is -2.78. The lowest BCUT2D eigenvalue weighted by Crippen LogP contribution is -2.19. The Balaban J connectivity index is 1.67. The summed E-state index contributed by atoms with van der Waals surface area (Å²) in [6, 6.07) is 24.2. The summed E-state index contributed by atoms with van der Waals surface area (Å²) in [5.74, 6) is 0.804. The zero-order valence-corrected chi connectivity index (χ0v) is 15.4. The monoisotopic (exact) mass is 366 g/mol. The highest BCUT2D eigenvalue weighted by Crippen LogP contribution is 2.32. The van der Waals surface area contributed by atoms with E-state index < -0.39 is 6.16 Å². The molecule has 0 unspecified atom stereocenters. The van der Waals surface area contributed by atoms with Crippen molar-refractivity contribution in [1.29, 1.82) is 0 Å². The van der Waals surface area contributed by atoms with E-state index in [4.69, 9.17) is 21.1 Å². The number of carbonyl (C=O) groups excluding carboxylic acids is 1. The van der Waals surface area contributed by atoms with E-state index in [2.05, 4.69) is 26.0 Å². The molecule has 3 nitrogen and oxygen atoms in total. The van der Waals surface area contributed by atoms with Gasteiger partial charge < -0.3 is 9.47 Å². The maximum absolute atomic E-state index is 11.9. The van der Waals surface area contributed by atoms with E-state index in [0.717, 1.165) is 5.56 Å². The summed E-state index contributed by atoms with van der Waals surface area (Å²) in [6.45, 7) is 4.32. The van der Waals surface area contributed by atoms with Crippen LogP contribution in [0.1, 0.15) is 25.0 Å². The minimum atomic E-state index is -0.789. The second-order valence-corrected chi connectivity index (χ2v) is 6.86. The predicted molar refractivity (Wildman–Crippen MR) is 103 cm³/mol. The van der Waals surface area contributed by atoms with E-state index in [1.165, 1.54) is 5.56 Å². The van der Waals surface area contributed by atoms with Crippen LogP contribution in [0.5, 0.6) is 11.5 Å². The lowest BCUT2D eigenvalue weighted by Gasteiger charge is -2.26. The Morgan fingerprint density at radius 3 is 1.73 bits per heavy atom. The predicted octanol–water partition coefficient (Wildman–Crippen LogP) is 6.24. The van der Waals surface area contributed by atoms with Crippen LogP contribution in [-0.4, -0.2) is 6.16 Å². The maximum atomic E-state index is 11.9. The molecule has 0 aromatic heterocycles. The molecule has 4 heteroatoms. The molecular weight excluding hydrogens is 348 g/mol. The van der Waals surface area contributed by atoms with Crippen LogP contribution >= 0.6 is 11.6 Å². The Kier molecular flexibility index (Phi) is 5.29. The van der Waals surface area contributed by atoms with Crippen LogP contribution in [0, 0.1) is 0 Å². The Labute approximate surface area is 158 Å². The molecule has 132 valence electrons. The van der Waals surface area contributed by atoms with E-state index >= 15 is 0 Å². The van der Waals surface area contributed by atoms with Crippen molar-refractivity contribution in [3.8, 4) is 11.5 Å². The lowest BCUT2D eigenvalue weighted by molar-refractivity contribution is 0.152. The van der Waals surface area contributed by atoms with Crippen molar-refractivity contribution in [2.75, 3.05) is 0 Å². The third kappa shape index (κ3) is 4.24. The van der Waals surface area contributed by atoms with Crippen LogP contribution < -0.4 is 9.47 Å². The fraction of sp³-hybridized carbons (Fsp3) is 0.136. The smallest absolute Gasteiger partial charge is 0.395 e. The fourth-order valence-electron chi connectivity index (χ4n) is 2.68. The quantitative estimate of drug-likeness (QED) is 0.404. The van der Waals surface area contributed by atoms with Crippen LogP contribution in [0.2, 0.25) is 5.02 Å². The van der Waals surface area contributed by atoms with Gasteiger partial charge in [-0.05, 0) is 47.5 Å². The molecule has 3 aromatic rings. The van der Waals surface area contributed by atoms with Crippen molar-refractivity contribution < 1.29 is 14.3 Å². The van der Waals surface area contributed by atoms with Gasteiger partial charge in [-0.15, -0.1) is 0 Å². The summed E-state index contributed by atoms with van der Waals surface area (Å²) < 4.78 is 10.3. The molecule has 26 heavy (non-hydrogen) atoms. The fourth-order valence-corrected chi connectivity index (χ4v) is 2.80. The van der Waals surface area contributed by atoms with Crippen molar-refractivity contribution in [1.82, 2.24) is 0 Å². The van der Waals surface area contributed by atoms with Crippen molar-refractivity contribution in [2.24, 2.45) is 0 Å². The van der Waals surface area contributed by atoms with Gasteiger partial charge in [0.05, 0.1) is 0 Å². The molecule has 0 spiro atoms. The highest BCUT2D eigenvalue weighted by Gasteiger charge is 2.22. The van der Waals surface area contributed by atoms with Crippen LogP contribution in [0.15, 0.2) is 78.9 Å². The number of carbonyl (C=O) groups is 1. The molecule has 0 aliphatic carbocycles. The summed E-state index contributed by atoms with van der Waals surface area (Å²) in [5, 5.41) is 0.572. The van der Waals surface area contributed by atoms with Crippen molar-refractivity contribution in [3.63, 3.8) is 0 Å². The Bertz CT molecular complexity index is 870. The summed E-state index contributed by atoms with van der Waals surface area (Å²) in [6.07, 6.45) is -0.789. The molecule has 0 atom stereocenters. The Morgan fingerprint density at radius 1 is 0.731 bits per heavy atom. The van der Waals surface area contributed by atoms with Gasteiger partial charge in [-0.25, -0.2) is 4.79 Å². The molecule has 0 amide bonds. The number of ether oxygens (including phenoxy) is 2. The number of halogens is 1. The molecule has 0 N–H and O–H groups in total. The first-order valence-electron chi connectivity index (χ1n) is 8.26. The minimum Gasteiger partial charge on any atom is -0.395 e. The summed E-state index contributed by atoms with van der Waals surface area (Å²) in [7, 11) is 0. The van der Waals surface area contributed by atoms with Gasteiger partial charge in [0, 0.05) is 10.4 Å². The molecule has 3 rings (SSSR count). The normalized spacial score (nSPS) is 11.0. The van der Waals surface area contributed by atoms with Gasteiger partial charge in [0.2, 0.25) is 0 Å². The summed E-state index contributed by atoms with van der Waals surface area (Å²) >= 11 is 5.80. The molecule has 0 saturated carbocycles. The molecule has 0 fully saturated rings. The Morgan fingerprint density at radius 2 is 1.19 bits per heavy atom. The van der Waals surface area contributed by atoms with Gasteiger partial charge >= 0.3 is 6.16 Å². The van der Waals surface area contributed by atoms with Gasteiger partial charge in [-0.2, -0.15) is 0 Å². The number of benzene rings is 3. The van der Waals surface area contributed by atoms with Gasteiger partial charge in [-0.3, -0.25) is 0 Å². The average molecular weight is 367 g/mol. The highest BCUT2D eigenvalue weighted by molar-refractivity contribution is 6.30. The van der Waals surface area contributed by atoms with Gasteiger partial charge in [0.15, 0.2) is 0 Å². The molecule has 0 saturated heterocycles. The second-order valence-electron chi connectivity index (χ2n) is 6.42. The topological polar surface area (TPSA) is 35.5 Å². The van der Waals surface area contributed by atoms with Crippen LogP contribution in [0.3, 0.4) is 0 Å². The number of hydrogen-bond donors (Lipinski definition) is 0. The van der Waals surface area contributed by atoms with Gasteiger partial charge in [0.1, 0.15) is 11.5 Å². The largest absolute Gasteiger partial charge is 0.519 e. The second kappa shape index (κ2) is 7.63. The van der Waals surface area contributed by atoms with Crippen LogP contribution in [0.25, 0.3) is 0 Å². The first-order chi connectivity index (χ1) is 12.4. The first-order valence-corrected chi connectivity index (χ1v) is 8.64. The lowest BCUT2D eigenvalue weighted by atomic mass is 9.78. The highest BCUT2D eigenvalue weighted by atomic mass is 35.5. The molecule has 0 aliphatic rings. The first kappa shape index (κ1) is 18.0. The number of rotatable bonds is 4. The molecule has 3 aromatic carbocycles. The average Bonchev–Trinajstić information content (AvgIpc) is 2.65. The van der Waals surface area contributed by atoms with E-state index in [9.17, 15) is 4.79 Å². The van der Waals surface area contributed by atoms with Crippen molar-refractivity contribution in [2.45, 2.75) is 19.3 Å². The van der Waals surface area contributed by atoms with Gasteiger partial charge in [-0.1, -0.05) is 67.9 Å². The third-order valence-electron chi connectivity index (χ3n) is 4.29. The zero-order valence-electron chi connectivity index (χ0n) is 14.6.